The van der Waals surface area contributed by atoms with Gasteiger partial charge < -0.3 is 10.2 Å². The van der Waals surface area contributed by atoms with Gasteiger partial charge in [-0.1, -0.05) is 27.2 Å². The van der Waals surface area contributed by atoms with Gasteiger partial charge in [-0.25, -0.2) is 0 Å². The summed E-state index contributed by atoms with van der Waals surface area (Å²) in [5, 5.41) is 3.54. The third-order valence-corrected chi connectivity index (χ3v) is 3.99. The molecule has 0 aromatic heterocycles. The molecule has 3 nitrogen and oxygen atoms in total. The molecule has 106 valence electrons. The topological polar surface area (TPSA) is 32.3 Å². The number of nitrogens with one attached hydrogen (secondary N) is 1. The average molecular weight is 254 g/mol. The van der Waals surface area contributed by atoms with Crippen molar-refractivity contribution in [2.45, 2.75) is 65.3 Å². The normalized spacial score (nSPS) is 20.1. The van der Waals surface area contributed by atoms with Crippen LogP contribution in [0, 0.1) is 5.92 Å². The van der Waals surface area contributed by atoms with Crippen LogP contribution in [0.3, 0.4) is 0 Å². The Hall–Kier alpha value is -0.570. The maximum Gasteiger partial charge on any atom is 0.225 e. The SMILES string of the molecule is CCCN(CC1CCCCN1)C(=O)C(CC)CC. The molecular formula is C15H30N2O. The molecule has 1 heterocycles. The quantitative estimate of drug-likeness (QED) is 0.757. The number of carbonyl (C=O) groups excluding carboxylic acids is 1. The smallest absolute Gasteiger partial charge is 0.225 e. The van der Waals surface area contributed by atoms with Crippen LogP contribution in [0.4, 0.5) is 0 Å². The summed E-state index contributed by atoms with van der Waals surface area (Å²) in [5.41, 5.74) is 0. The van der Waals surface area contributed by atoms with Gasteiger partial charge in [-0.15, -0.1) is 0 Å². The minimum absolute atomic E-state index is 0.222. The summed E-state index contributed by atoms with van der Waals surface area (Å²) in [6, 6.07) is 0.517. The van der Waals surface area contributed by atoms with Gasteiger partial charge in [0.05, 0.1) is 0 Å². The highest BCUT2D eigenvalue weighted by Crippen LogP contribution is 2.15. The third kappa shape index (κ3) is 4.60. The van der Waals surface area contributed by atoms with Crippen molar-refractivity contribution in [1.29, 1.82) is 0 Å². The molecule has 1 N–H and O–H groups in total. The molecule has 0 bridgehead atoms. The Kier molecular flexibility index (Phi) is 7.33. The maximum atomic E-state index is 12.5. The number of hydrogen-bond donors (Lipinski definition) is 1. The van der Waals surface area contributed by atoms with Crippen molar-refractivity contribution in [3.05, 3.63) is 0 Å². The highest BCUT2D eigenvalue weighted by molar-refractivity contribution is 5.78. The molecule has 0 radical (unpaired) electrons. The molecule has 0 spiro atoms. The van der Waals surface area contributed by atoms with E-state index in [9.17, 15) is 4.79 Å². The molecule has 0 aliphatic carbocycles. The van der Waals surface area contributed by atoms with Gasteiger partial charge in [-0.2, -0.15) is 0 Å². The zero-order chi connectivity index (χ0) is 13.4. The molecule has 1 saturated heterocycles. The molecule has 1 aliphatic rings. The van der Waals surface area contributed by atoms with Gasteiger partial charge >= 0.3 is 0 Å². The van der Waals surface area contributed by atoms with Crippen LogP contribution >= 0.6 is 0 Å². The predicted octanol–water partition coefficient (Wildman–Crippen LogP) is 2.80. The summed E-state index contributed by atoms with van der Waals surface area (Å²) in [6.45, 7) is 9.33. The van der Waals surface area contributed by atoms with Crippen molar-refractivity contribution in [3.8, 4) is 0 Å². The van der Waals surface area contributed by atoms with Gasteiger partial charge in [0.2, 0.25) is 5.91 Å². The molecule has 1 amide bonds. The molecule has 3 heteroatoms. The van der Waals surface area contributed by atoms with Crippen molar-refractivity contribution in [1.82, 2.24) is 10.2 Å². The van der Waals surface area contributed by atoms with Gasteiger partial charge in [0.25, 0.3) is 0 Å². The van der Waals surface area contributed by atoms with E-state index >= 15 is 0 Å². The van der Waals surface area contributed by atoms with Crippen LogP contribution in [-0.4, -0.2) is 36.5 Å². The van der Waals surface area contributed by atoms with E-state index in [1.54, 1.807) is 0 Å². The first-order valence-corrected chi connectivity index (χ1v) is 7.75. The van der Waals surface area contributed by atoms with Crippen molar-refractivity contribution >= 4 is 5.91 Å². The Morgan fingerprint density at radius 3 is 2.50 bits per heavy atom. The second-order valence-corrected chi connectivity index (χ2v) is 5.44. The van der Waals surface area contributed by atoms with Crippen molar-refractivity contribution in [3.63, 3.8) is 0 Å². The Balaban J connectivity index is 2.54. The van der Waals surface area contributed by atoms with E-state index in [0.29, 0.717) is 11.9 Å². The monoisotopic (exact) mass is 254 g/mol. The fourth-order valence-electron chi connectivity index (χ4n) is 2.80. The average Bonchev–Trinajstić information content (AvgIpc) is 2.40. The van der Waals surface area contributed by atoms with Crippen LogP contribution < -0.4 is 5.32 Å². The second-order valence-electron chi connectivity index (χ2n) is 5.44. The third-order valence-electron chi connectivity index (χ3n) is 3.99. The zero-order valence-electron chi connectivity index (χ0n) is 12.4. The highest BCUT2D eigenvalue weighted by Gasteiger charge is 2.24. The van der Waals surface area contributed by atoms with E-state index in [4.69, 9.17) is 0 Å². The first-order chi connectivity index (χ1) is 8.72. The Morgan fingerprint density at radius 2 is 2.00 bits per heavy atom. The minimum atomic E-state index is 0.222. The first-order valence-electron chi connectivity index (χ1n) is 7.75. The van der Waals surface area contributed by atoms with Crippen molar-refractivity contribution in [2.24, 2.45) is 5.92 Å². The summed E-state index contributed by atoms with van der Waals surface area (Å²) in [4.78, 5) is 14.6. The molecule has 1 rings (SSSR count). The molecule has 1 aliphatic heterocycles. The molecule has 0 aromatic rings. The first kappa shape index (κ1) is 15.5. The van der Waals surface area contributed by atoms with E-state index in [-0.39, 0.29) is 5.92 Å². The Labute approximate surface area is 112 Å². The van der Waals surface area contributed by atoms with Gasteiger partial charge in [-0.3, -0.25) is 4.79 Å². The van der Waals surface area contributed by atoms with Crippen LogP contribution in [0.25, 0.3) is 0 Å². The molecular weight excluding hydrogens is 224 g/mol. The summed E-state index contributed by atoms with van der Waals surface area (Å²) in [7, 11) is 0. The van der Waals surface area contributed by atoms with Crippen LogP contribution in [-0.2, 0) is 4.79 Å². The molecule has 18 heavy (non-hydrogen) atoms. The maximum absolute atomic E-state index is 12.5. The molecule has 0 aromatic carbocycles. The summed E-state index contributed by atoms with van der Waals surface area (Å²) >= 11 is 0. The van der Waals surface area contributed by atoms with E-state index in [0.717, 1.165) is 38.9 Å². The molecule has 1 unspecified atom stereocenters. The molecule has 0 saturated carbocycles. The van der Waals surface area contributed by atoms with E-state index in [2.05, 4.69) is 31.0 Å². The number of hydrogen-bond acceptors (Lipinski definition) is 2. The van der Waals surface area contributed by atoms with Gasteiger partial charge in [0.15, 0.2) is 0 Å². The largest absolute Gasteiger partial charge is 0.341 e. The van der Waals surface area contributed by atoms with Crippen molar-refractivity contribution < 1.29 is 4.79 Å². The van der Waals surface area contributed by atoms with Crippen LogP contribution in [0.15, 0.2) is 0 Å². The fourth-order valence-corrected chi connectivity index (χ4v) is 2.80. The molecule has 1 fully saturated rings. The zero-order valence-corrected chi connectivity index (χ0v) is 12.4. The summed E-state index contributed by atoms with van der Waals surface area (Å²) in [6.07, 6.45) is 6.79. The van der Waals surface area contributed by atoms with E-state index in [1.165, 1.54) is 19.3 Å². The highest BCUT2D eigenvalue weighted by atomic mass is 16.2. The number of piperidine rings is 1. The lowest BCUT2D eigenvalue weighted by Gasteiger charge is -2.32. The Morgan fingerprint density at radius 1 is 1.28 bits per heavy atom. The standard InChI is InChI=1S/C15H30N2O/c1-4-11-17(15(18)13(5-2)6-3)12-14-9-7-8-10-16-14/h13-14,16H,4-12H2,1-3H3. The van der Waals surface area contributed by atoms with Crippen molar-refractivity contribution in [2.75, 3.05) is 19.6 Å². The summed E-state index contributed by atoms with van der Waals surface area (Å²) in [5.74, 6) is 0.592. The fraction of sp³-hybridized carbons (Fsp3) is 0.933. The lowest BCUT2D eigenvalue weighted by atomic mass is 10.00. The number of amides is 1. The lowest BCUT2D eigenvalue weighted by molar-refractivity contribution is -0.136. The second kappa shape index (κ2) is 8.52. The summed E-state index contributed by atoms with van der Waals surface area (Å²) < 4.78 is 0. The predicted molar refractivity (Wildman–Crippen MR) is 76.6 cm³/mol. The number of carbonyl (C=O) groups is 1. The van der Waals surface area contributed by atoms with Gasteiger partial charge in [0, 0.05) is 25.0 Å². The Bertz CT molecular complexity index is 233. The minimum Gasteiger partial charge on any atom is -0.341 e. The van der Waals surface area contributed by atoms with Crippen LogP contribution in [0.5, 0.6) is 0 Å². The van der Waals surface area contributed by atoms with Gasteiger partial charge in [-0.05, 0) is 38.6 Å². The van der Waals surface area contributed by atoms with Crippen LogP contribution in [0.2, 0.25) is 0 Å². The van der Waals surface area contributed by atoms with E-state index < -0.39 is 0 Å². The van der Waals surface area contributed by atoms with Gasteiger partial charge in [0.1, 0.15) is 0 Å². The number of rotatable bonds is 7. The number of nitrogens with zero attached hydrogens (tertiary/aromatic N) is 1. The lowest BCUT2D eigenvalue weighted by Crippen LogP contribution is -2.47. The van der Waals surface area contributed by atoms with Crippen LogP contribution in [0.1, 0.15) is 59.3 Å². The van der Waals surface area contributed by atoms with E-state index in [1.807, 2.05) is 0 Å². The molecule has 1 atom stereocenters.